The number of benzene rings is 1. The Kier molecular flexibility index (Phi) is 4.15. The highest BCUT2D eigenvalue weighted by atomic mass is 19.3. The van der Waals surface area contributed by atoms with E-state index in [2.05, 4.69) is 20.0 Å². The van der Waals surface area contributed by atoms with Crippen molar-refractivity contribution >= 4 is 0 Å². The van der Waals surface area contributed by atoms with Crippen LogP contribution in [0.1, 0.15) is 24.6 Å². The standard InChI is InChI=1S/C15H17F2N3O/c16-15(17)21-13-6-2-1-5-11(13)12-9-19-14(20-12)10-4-3-7-18-8-10/h1-2,5-6,9-10,15,18H,3-4,7-8H2,(H,19,20). The zero-order valence-corrected chi connectivity index (χ0v) is 11.5. The Balaban J connectivity index is 1.85. The van der Waals surface area contributed by atoms with Crippen molar-refractivity contribution in [2.24, 2.45) is 0 Å². The summed E-state index contributed by atoms with van der Waals surface area (Å²) in [7, 11) is 0. The molecule has 3 rings (SSSR count). The molecular weight excluding hydrogens is 276 g/mol. The third kappa shape index (κ3) is 3.21. The van der Waals surface area contributed by atoms with Gasteiger partial charge in [0.15, 0.2) is 0 Å². The molecule has 2 heterocycles. The van der Waals surface area contributed by atoms with Crippen LogP contribution in [-0.2, 0) is 0 Å². The van der Waals surface area contributed by atoms with Gasteiger partial charge in [0.2, 0.25) is 0 Å². The van der Waals surface area contributed by atoms with Gasteiger partial charge in [0, 0.05) is 18.0 Å². The lowest BCUT2D eigenvalue weighted by Crippen LogP contribution is -2.28. The van der Waals surface area contributed by atoms with Gasteiger partial charge in [-0.2, -0.15) is 8.78 Å². The first-order chi connectivity index (χ1) is 10.2. The molecule has 0 bridgehead atoms. The van der Waals surface area contributed by atoms with E-state index in [1.807, 2.05) is 0 Å². The predicted molar refractivity (Wildman–Crippen MR) is 75.5 cm³/mol. The SMILES string of the molecule is FC(F)Oc1ccccc1-c1cnc(C2CCCNC2)[nH]1. The smallest absolute Gasteiger partial charge is 0.387 e. The topological polar surface area (TPSA) is 49.9 Å². The van der Waals surface area contributed by atoms with Gasteiger partial charge < -0.3 is 15.0 Å². The van der Waals surface area contributed by atoms with Gasteiger partial charge in [0.1, 0.15) is 11.6 Å². The van der Waals surface area contributed by atoms with E-state index in [1.54, 1.807) is 24.4 Å². The predicted octanol–water partition coefficient (Wildman–Crippen LogP) is 3.15. The monoisotopic (exact) mass is 293 g/mol. The number of hydrogen-bond acceptors (Lipinski definition) is 3. The van der Waals surface area contributed by atoms with Gasteiger partial charge in [-0.3, -0.25) is 0 Å². The number of nitrogens with one attached hydrogen (secondary N) is 2. The summed E-state index contributed by atoms with van der Waals surface area (Å²) in [6.07, 6.45) is 3.87. The van der Waals surface area contributed by atoms with E-state index < -0.39 is 6.61 Å². The number of aromatic nitrogens is 2. The van der Waals surface area contributed by atoms with Crippen LogP contribution in [0.15, 0.2) is 30.5 Å². The number of aromatic amines is 1. The van der Waals surface area contributed by atoms with Gasteiger partial charge in [-0.05, 0) is 31.5 Å². The summed E-state index contributed by atoms with van der Waals surface area (Å²) in [5.74, 6) is 1.39. The molecule has 1 aromatic heterocycles. The van der Waals surface area contributed by atoms with Crippen LogP contribution < -0.4 is 10.1 Å². The number of rotatable bonds is 4. The number of ether oxygens (including phenoxy) is 1. The van der Waals surface area contributed by atoms with E-state index in [-0.39, 0.29) is 5.75 Å². The van der Waals surface area contributed by atoms with E-state index >= 15 is 0 Å². The minimum Gasteiger partial charge on any atom is -0.434 e. The van der Waals surface area contributed by atoms with E-state index in [0.717, 1.165) is 31.8 Å². The number of hydrogen-bond donors (Lipinski definition) is 2. The Morgan fingerprint density at radius 2 is 2.14 bits per heavy atom. The molecule has 0 radical (unpaired) electrons. The summed E-state index contributed by atoms with van der Waals surface area (Å²) in [6, 6.07) is 6.73. The molecule has 4 nitrogen and oxygen atoms in total. The zero-order valence-electron chi connectivity index (χ0n) is 11.5. The Bertz CT molecular complexity index is 594. The molecule has 2 N–H and O–H groups in total. The van der Waals surface area contributed by atoms with Crippen LogP contribution in [0, 0.1) is 0 Å². The van der Waals surface area contributed by atoms with Crippen LogP contribution in [0.5, 0.6) is 5.75 Å². The van der Waals surface area contributed by atoms with Crippen LogP contribution in [0.2, 0.25) is 0 Å². The number of imidazole rings is 1. The Morgan fingerprint density at radius 3 is 2.90 bits per heavy atom. The molecule has 112 valence electrons. The van der Waals surface area contributed by atoms with Gasteiger partial charge in [0.25, 0.3) is 0 Å². The Labute approximate surface area is 121 Å². The summed E-state index contributed by atoms with van der Waals surface area (Å²) in [5, 5.41) is 3.34. The van der Waals surface area contributed by atoms with E-state index in [9.17, 15) is 8.78 Å². The average molecular weight is 293 g/mol. The molecule has 0 aliphatic carbocycles. The molecule has 1 atom stereocenters. The van der Waals surface area contributed by atoms with Gasteiger partial charge in [-0.25, -0.2) is 4.98 Å². The van der Waals surface area contributed by atoms with Crippen LogP contribution in [0.3, 0.4) is 0 Å². The average Bonchev–Trinajstić information content (AvgIpc) is 2.98. The minimum absolute atomic E-state index is 0.157. The first-order valence-corrected chi connectivity index (χ1v) is 7.04. The maximum Gasteiger partial charge on any atom is 0.387 e. The first kappa shape index (κ1) is 14.0. The first-order valence-electron chi connectivity index (χ1n) is 7.04. The summed E-state index contributed by atoms with van der Waals surface area (Å²) < 4.78 is 29.5. The second-order valence-corrected chi connectivity index (χ2v) is 5.10. The molecule has 0 spiro atoms. The summed E-state index contributed by atoms with van der Waals surface area (Å²) in [4.78, 5) is 7.63. The van der Waals surface area contributed by atoms with Crippen LogP contribution >= 0.6 is 0 Å². The van der Waals surface area contributed by atoms with E-state index in [1.165, 1.54) is 6.07 Å². The third-order valence-corrected chi connectivity index (χ3v) is 3.67. The highest BCUT2D eigenvalue weighted by Gasteiger charge is 2.19. The molecule has 21 heavy (non-hydrogen) atoms. The van der Waals surface area contributed by atoms with Gasteiger partial charge in [0.05, 0.1) is 11.9 Å². The van der Waals surface area contributed by atoms with Gasteiger partial charge >= 0.3 is 6.61 Å². The molecule has 1 fully saturated rings. The maximum atomic E-state index is 12.5. The van der Waals surface area contributed by atoms with Crippen molar-refractivity contribution in [2.75, 3.05) is 13.1 Å². The van der Waals surface area contributed by atoms with E-state index in [0.29, 0.717) is 17.2 Å². The van der Waals surface area contributed by atoms with Crippen molar-refractivity contribution < 1.29 is 13.5 Å². The lowest BCUT2D eigenvalue weighted by atomic mass is 9.99. The summed E-state index contributed by atoms with van der Waals surface area (Å²) >= 11 is 0. The zero-order chi connectivity index (χ0) is 14.7. The molecule has 1 aliphatic rings. The summed E-state index contributed by atoms with van der Waals surface area (Å²) in [6.45, 7) is -0.909. The minimum atomic E-state index is -2.84. The second kappa shape index (κ2) is 6.22. The maximum absolute atomic E-state index is 12.5. The quantitative estimate of drug-likeness (QED) is 0.910. The third-order valence-electron chi connectivity index (χ3n) is 3.67. The number of piperidine rings is 1. The number of H-pyrrole nitrogens is 1. The molecule has 6 heteroatoms. The van der Waals surface area contributed by atoms with Gasteiger partial charge in [-0.1, -0.05) is 12.1 Å². The highest BCUT2D eigenvalue weighted by molar-refractivity contribution is 5.66. The number of para-hydroxylation sites is 1. The fourth-order valence-corrected chi connectivity index (χ4v) is 2.65. The number of halogens is 2. The van der Waals surface area contributed by atoms with Crippen molar-refractivity contribution in [3.63, 3.8) is 0 Å². The fraction of sp³-hybridized carbons (Fsp3) is 0.400. The van der Waals surface area contributed by atoms with Crippen molar-refractivity contribution in [1.29, 1.82) is 0 Å². The lowest BCUT2D eigenvalue weighted by Gasteiger charge is -2.20. The van der Waals surface area contributed by atoms with Gasteiger partial charge in [-0.15, -0.1) is 0 Å². The lowest BCUT2D eigenvalue weighted by molar-refractivity contribution is -0.0494. The fourth-order valence-electron chi connectivity index (χ4n) is 2.65. The van der Waals surface area contributed by atoms with Crippen molar-refractivity contribution in [1.82, 2.24) is 15.3 Å². The molecule has 1 unspecified atom stereocenters. The summed E-state index contributed by atoms with van der Waals surface area (Å²) in [5.41, 5.74) is 1.30. The second-order valence-electron chi connectivity index (χ2n) is 5.10. The molecule has 0 saturated carbocycles. The molecule has 1 aromatic carbocycles. The van der Waals surface area contributed by atoms with Crippen molar-refractivity contribution in [2.45, 2.75) is 25.4 Å². The Morgan fingerprint density at radius 1 is 1.29 bits per heavy atom. The van der Waals surface area contributed by atoms with Crippen molar-refractivity contribution in [3.05, 3.63) is 36.3 Å². The number of alkyl halides is 2. The molecule has 0 amide bonds. The normalized spacial score (nSPS) is 18.9. The highest BCUT2D eigenvalue weighted by Crippen LogP contribution is 2.31. The van der Waals surface area contributed by atoms with Crippen LogP contribution in [0.4, 0.5) is 8.78 Å². The van der Waals surface area contributed by atoms with Crippen molar-refractivity contribution in [3.8, 4) is 17.0 Å². The number of nitrogens with zero attached hydrogens (tertiary/aromatic N) is 1. The molecule has 1 saturated heterocycles. The molecule has 1 aliphatic heterocycles. The van der Waals surface area contributed by atoms with Crippen LogP contribution in [-0.4, -0.2) is 29.7 Å². The largest absolute Gasteiger partial charge is 0.434 e. The Hall–Kier alpha value is -1.95. The molecular formula is C15H17F2N3O. The molecule has 2 aromatic rings. The van der Waals surface area contributed by atoms with Crippen LogP contribution in [0.25, 0.3) is 11.3 Å². The van der Waals surface area contributed by atoms with E-state index in [4.69, 9.17) is 0 Å².